The van der Waals surface area contributed by atoms with Crippen molar-refractivity contribution in [3.8, 4) is 11.5 Å². The molecule has 0 spiro atoms. The number of nitrogens with two attached hydrogens (primary N) is 1. The van der Waals surface area contributed by atoms with Gasteiger partial charge >= 0.3 is 0 Å². The van der Waals surface area contributed by atoms with Gasteiger partial charge in [-0.3, -0.25) is 4.79 Å². The zero-order valence-electron chi connectivity index (χ0n) is 13.9. The summed E-state index contributed by atoms with van der Waals surface area (Å²) in [6, 6.07) is 20.1. The summed E-state index contributed by atoms with van der Waals surface area (Å²) in [5.41, 5.74) is 0.579. The van der Waals surface area contributed by atoms with Gasteiger partial charge in [0, 0.05) is 4.47 Å². The topological polar surface area (TPSA) is 98.5 Å². The Balaban J connectivity index is 1.89. The maximum Gasteiger partial charge on any atom is 0.256 e. The van der Waals surface area contributed by atoms with Crippen LogP contribution < -0.4 is 15.2 Å². The second-order valence-corrected chi connectivity index (χ2v) is 7.97. The molecule has 3 aromatic rings. The lowest BCUT2D eigenvalue weighted by Gasteiger charge is -2.13. The molecule has 6 nitrogen and oxygen atoms in total. The molecule has 0 radical (unpaired) electrons. The van der Waals surface area contributed by atoms with E-state index in [1.165, 1.54) is 18.2 Å². The second kappa shape index (κ2) is 7.91. The Kier molecular flexibility index (Phi) is 5.59. The summed E-state index contributed by atoms with van der Waals surface area (Å²) < 4.78 is 29.3. The van der Waals surface area contributed by atoms with Gasteiger partial charge < -0.3 is 10.1 Å². The second-order valence-electron chi connectivity index (χ2n) is 5.55. The van der Waals surface area contributed by atoms with Crippen molar-refractivity contribution >= 4 is 37.5 Å². The summed E-state index contributed by atoms with van der Waals surface area (Å²) in [4.78, 5) is 12.5. The molecule has 1 amide bonds. The smallest absolute Gasteiger partial charge is 0.256 e. The fraction of sp³-hybridized carbons (Fsp3) is 0. The maximum absolute atomic E-state index is 12.7. The van der Waals surface area contributed by atoms with E-state index in [2.05, 4.69) is 21.2 Å². The summed E-state index contributed by atoms with van der Waals surface area (Å²) in [5.74, 6) is 0.573. The molecule has 0 aliphatic carbocycles. The first-order valence-corrected chi connectivity index (χ1v) is 10.1. The number of ether oxygens (including phenoxy) is 1. The summed E-state index contributed by atoms with van der Waals surface area (Å²) >= 11 is 3.26. The van der Waals surface area contributed by atoms with Gasteiger partial charge in [-0.15, -0.1) is 0 Å². The Morgan fingerprint density at radius 2 is 1.63 bits per heavy atom. The van der Waals surface area contributed by atoms with Gasteiger partial charge in [0.1, 0.15) is 5.75 Å². The zero-order chi connectivity index (χ0) is 19.4. The first-order valence-electron chi connectivity index (χ1n) is 7.80. The first-order chi connectivity index (χ1) is 12.8. The van der Waals surface area contributed by atoms with Gasteiger partial charge in [0.25, 0.3) is 5.91 Å². The minimum absolute atomic E-state index is 0.135. The zero-order valence-corrected chi connectivity index (χ0v) is 16.3. The number of hydrogen-bond acceptors (Lipinski definition) is 4. The summed E-state index contributed by atoms with van der Waals surface area (Å²) in [7, 11) is -3.92. The number of carbonyl (C=O) groups is 1. The van der Waals surface area contributed by atoms with E-state index in [9.17, 15) is 13.2 Å². The van der Waals surface area contributed by atoms with Gasteiger partial charge in [-0.1, -0.05) is 30.3 Å². The van der Waals surface area contributed by atoms with Crippen molar-refractivity contribution in [2.45, 2.75) is 4.90 Å². The molecule has 0 aliphatic rings. The van der Waals surface area contributed by atoms with E-state index in [1.807, 2.05) is 18.2 Å². The average molecular weight is 447 g/mol. The molecule has 27 heavy (non-hydrogen) atoms. The van der Waals surface area contributed by atoms with Crippen LogP contribution in [0, 0.1) is 0 Å². The van der Waals surface area contributed by atoms with Crippen LogP contribution in [0.15, 0.2) is 82.2 Å². The molecule has 0 unspecified atom stereocenters. The number of anilines is 1. The monoisotopic (exact) mass is 446 g/mol. The molecule has 0 saturated carbocycles. The van der Waals surface area contributed by atoms with Gasteiger partial charge in [-0.05, 0) is 58.4 Å². The molecule has 0 atom stereocenters. The Morgan fingerprint density at radius 1 is 0.963 bits per heavy atom. The SMILES string of the molecule is NS(=O)(=O)c1ccc(Br)c(C(=O)Nc2ccccc2Oc2ccccc2)c1. The molecule has 8 heteroatoms. The minimum Gasteiger partial charge on any atom is -0.455 e. The molecule has 0 bridgehead atoms. The highest BCUT2D eigenvalue weighted by Gasteiger charge is 2.17. The molecule has 0 fully saturated rings. The first kappa shape index (κ1) is 19.1. The molecular formula is C19H15BrN2O4S. The third-order valence-corrected chi connectivity index (χ3v) is 5.22. The lowest BCUT2D eigenvalue weighted by molar-refractivity contribution is 0.102. The third-order valence-electron chi connectivity index (χ3n) is 3.62. The van der Waals surface area contributed by atoms with Crippen molar-refractivity contribution in [2.24, 2.45) is 5.14 Å². The van der Waals surface area contributed by atoms with Gasteiger partial charge in [0.05, 0.1) is 16.1 Å². The van der Waals surface area contributed by atoms with Crippen molar-refractivity contribution < 1.29 is 17.9 Å². The molecule has 3 rings (SSSR count). The number of primary sulfonamides is 1. The van der Waals surface area contributed by atoms with Gasteiger partial charge in [0.15, 0.2) is 5.75 Å². The highest BCUT2D eigenvalue weighted by atomic mass is 79.9. The molecule has 3 N–H and O–H groups in total. The number of carbonyl (C=O) groups excluding carboxylic acids is 1. The van der Waals surface area contributed by atoms with Crippen LogP contribution in [0.2, 0.25) is 0 Å². The lowest BCUT2D eigenvalue weighted by Crippen LogP contribution is -2.16. The highest BCUT2D eigenvalue weighted by molar-refractivity contribution is 9.10. The van der Waals surface area contributed by atoms with E-state index >= 15 is 0 Å². The number of benzene rings is 3. The van der Waals surface area contributed by atoms with E-state index in [0.717, 1.165) is 0 Å². The Labute approximate surface area is 165 Å². The number of sulfonamides is 1. The molecule has 0 aromatic heterocycles. The van der Waals surface area contributed by atoms with Crippen LogP contribution >= 0.6 is 15.9 Å². The molecule has 0 heterocycles. The normalized spacial score (nSPS) is 11.0. The van der Waals surface area contributed by atoms with Crippen molar-refractivity contribution in [1.29, 1.82) is 0 Å². The summed E-state index contributed by atoms with van der Waals surface area (Å²) in [6.07, 6.45) is 0. The van der Waals surface area contributed by atoms with Crippen molar-refractivity contribution in [3.05, 3.63) is 82.8 Å². The average Bonchev–Trinajstić information content (AvgIpc) is 2.63. The largest absolute Gasteiger partial charge is 0.455 e. The molecular weight excluding hydrogens is 432 g/mol. The van der Waals surface area contributed by atoms with Gasteiger partial charge in [-0.2, -0.15) is 0 Å². The van der Waals surface area contributed by atoms with Crippen molar-refractivity contribution in [2.75, 3.05) is 5.32 Å². The van der Waals surface area contributed by atoms with Crippen LogP contribution in [0.5, 0.6) is 11.5 Å². The molecule has 3 aromatic carbocycles. The fourth-order valence-corrected chi connectivity index (χ4v) is 3.29. The van der Waals surface area contributed by atoms with Gasteiger partial charge in [0.2, 0.25) is 10.0 Å². The van der Waals surface area contributed by atoms with Crippen LogP contribution in [0.3, 0.4) is 0 Å². The summed E-state index contributed by atoms with van der Waals surface area (Å²) in [5, 5.41) is 7.88. The van der Waals surface area contributed by atoms with E-state index in [1.54, 1.807) is 36.4 Å². The minimum atomic E-state index is -3.92. The molecule has 0 aliphatic heterocycles. The Hall–Kier alpha value is -2.68. The fourth-order valence-electron chi connectivity index (χ4n) is 2.32. The van der Waals surface area contributed by atoms with E-state index in [-0.39, 0.29) is 10.5 Å². The number of halogens is 1. The number of rotatable bonds is 5. The standard InChI is InChI=1S/C19H15BrN2O4S/c20-16-11-10-14(27(21,24)25)12-15(16)19(23)22-17-8-4-5-9-18(17)26-13-6-2-1-3-7-13/h1-12H,(H,22,23)(H2,21,24,25). The molecule has 138 valence electrons. The lowest BCUT2D eigenvalue weighted by atomic mass is 10.2. The van der Waals surface area contributed by atoms with E-state index in [4.69, 9.17) is 9.88 Å². The number of hydrogen-bond donors (Lipinski definition) is 2. The molecule has 0 saturated heterocycles. The number of nitrogens with one attached hydrogen (secondary N) is 1. The summed E-state index contributed by atoms with van der Waals surface area (Å²) in [6.45, 7) is 0. The Morgan fingerprint density at radius 3 is 2.33 bits per heavy atom. The third kappa shape index (κ3) is 4.73. The highest BCUT2D eigenvalue weighted by Crippen LogP contribution is 2.30. The van der Waals surface area contributed by atoms with Crippen LogP contribution in [0.1, 0.15) is 10.4 Å². The van der Waals surface area contributed by atoms with E-state index < -0.39 is 15.9 Å². The predicted octanol–water partition coefficient (Wildman–Crippen LogP) is 4.14. The van der Waals surface area contributed by atoms with Crippen LogP contribution in [-0.4, -0.2) is 14.3 Å². The quantitative estimate of drug-likeness (QED) is 0.614. The van der Waals surface area contributed by atoms with Gasteiger partial charge in [-0.25, -0.2) is 13.6 Å². The van der Waals surface area contributed by atoms with E-state index in [0.29, 0.717) is 21.7 Å². The Bertz CT molecular complexity index is 1090. The number of para-hydroxylation sites is 3. The predicted molar refractivity (Wildman–Crippen MR) is 106 cm³/mol. The van der Waals surface area contributed by atoms with Crippen LogP contribution in [0.25, 0.3) is 0 Å². The number of amides is 1. The van der Waals surface area contributed by atoms with Crippen molar-refractivity contribution in [1.82, 2.24) is 0 Å². The van der Waals surface area contributed by atoms with Crippen molar-refractivity contribution in [3.63, 3.8) is 0 Å². The maximum atomic E-state index is 12.7. The van der Waals surface area contributed by atoms with Crippen LogP contribution in [-0.2, 0) is 10.0 Å². The van der Waals surface area contributed by atoms with Crippen LogP contribution in [0.4, 0.5) is 5.69 Å².